The summed E-state index contributed by atoms with van der Waals surface area (Å²) in [6, 6.07) is 17.0. The number of allylic oxidation sites excluding steroid dienone is 1. The number of rotatable bonds is 4. The summed E-state index contributed by atoms with van der Waals surface area (Å²) in [6.45, 7) is 0. The highest BCUT2D eigenvalue weighted by atomic mass is 79.9. The molecule has 0 atom stereocenters. The van der Waals surface area contributed by atoms with Crippen molar-refractivity contribution in [1.29, 1.82) is 5.26 Å². The van der Waals surface area contributed by atoms with Crippen LogP contribution in [0.3, 0.4) is 0 Å². The van der Waals surface area contributed by atoms with Gasteiger partial charge >= 0.3 is 0 Å². The van der Waals surface area contributed by atoms with Crippen LogP contribution < -0.4 is 0 Å². The van der Waals surface area contributed by atoms with E-state index in [1.54, 1.807) is 48.5 Å². The summed E-state index contributed by atoms with van der Waals surface area (Å²) in [5.74, 6) is 1.02. The van der Waals surface area contributed by atoms with Crippen molar-refractivity contribution in [2.75, 3.05) is 0 Å². The van der Waals surface area contributed by atoms with E-state index in [0.717, 1.165) is 0 Å². The van der Waals surface area contributed by atoms with E-state index < -0.39 is 4.92 Å². The highest BCUT2D eigenvalue weighted by Crippen LogP contribution is 2.33. The topological polar surface area (TPSA) is 80.1 Å². The molecule has 0 saturated heterocycles. The van der Waals surface area contributed by atoms with Gasteiger partial charge in [0.25, 0.3) is 5.69 Å². The van der Waals surface area contributed by atoms with Crippen LogP contribution in [0.5, 0.6) is 0 Å². The minimum Gasteiger partial charge on any atom is -0.457 e. The van der Waals surface area contributed by atoms with E-state index in [1.807, 2.05) is 0 Å². The Kier molecular flexibility index (Phi) is 5.21. The summed E-state index contributed by atoms with van der Waals surface area (Å²) in [6.07, 6.45) is 1.62. The molecule has 0 aliphatic rings. The van der Waals surface area contributed by atoms with Gasteiger partial charge in [0, 0.05) is 27.2 Å². The number of nitriles is 1. The molecule has 3 rings (SSSR count). The molecule has 0 amide bonds. The molecule has 26 heavy (non-hydrogen) atoms. The van der Waals surface area contributed by atoms with Crippen LogP contribution in [-0.4, -0.2) is 4.92 Å². The predicted molar refractivity (Wildman–Crippen MR) is 103 cm³/mol. The van der Waals surface area contributed by atoms with Gasteiger partial charge in [-0.1, -0.05) is 23.7 Å². The number of hydrogen-bond donors (Lipinski definition) is 0. The van der Waals surface area contributed by atoms with Crippen molar-refractivity contribution < 1.29 is 9.34 Å². The lowest BCUT2D eigenvalue weighted by Gasteiger charge is -2.01. The zero-order valence-electron chi connectivity index (χ0n) is 13.1. The first-order chi connectivity index (χ1) is 12.5. The summed E-state index contributed by atoms with van der Waals surface area (Å²) in [7, 11) is 0. The summed E-state index contributed by atoms with van der Waals surface area (Å²) in [4.78, 5) is 10.4. The van der Waals surface area contributed by atoms with Gasteiger partial charge in [-0.2, -0.15) is 5.26 Å². The second-order valence-corrected chi connectivity index (χ2v) is 6.59. The fourth-order valence-corrected chi connectivity index (χ4v) is 3.12. The Morgan fingerprint density at radius 1 is 1.23 bits per heavy atom. The Morgan fingerprint density at radius 3 is 2.69 bits per heavy atom. The molecule has 0 bridgehead atoms. The molecule has 0 aliphatic heterocycles. The Morgan fingerprint density at radius 2 is 2.04 bits per heavy atom. The predicted octanol–water partition coefficient (Wildman–Crippen LogP) is 6.33. The van der Waals surface area contributed by atoms with Crippen LogP contribution in [-0.2, 0) is 0 Å². The Hall–Kier alpha value is -2.88. The third-order valence-electron chi connectivity index (χ3n) is 3.60. The minimum atomic E-state index is -0.463. The highest BCUT2D eigenvalue weighted by molar-refractivity contribution is 9.10. The lowest BCUT2D eigenvalue weighted by atomic mass is 10.1. The van der Waals surface area contributed by atoms with E-state index in [0.29, 0.717) is 37.7 Å². The second kappa shape index (κ2) is 7.56. The molecule has 0 saturated carbocycles. The average molecular weight is 430 g/mol. The first kappa shape index (κ1) is 17.9. The summed E-state index contributed by atoms with van der Waals surface area (Å²) in [5, 5.41) is 20.8. The number of nitro benzene ring substituents is 1. The van der Waals surface area contributed by atoms with Gasteiger partial charge in [-0.05, 0) is 57.9 Å². The van der Waals surface area contributed by atoms with Gasteiger partial charge in [-0.15, -0.1) is 0 Å². The molecule has 0 radical (unpaired) electrons. The number of hydrogen-bond acceptors (Lipinski definition) is 4. The van der Waals surface area contributed by atoms with E-state index in [9.17, 15) is 15.4 Å². The van der Waals surface area contributed by atoms with Crippen molar-refractivity contribution in [3.63, 3.8) is 0 Å². The van der Waals surface area contributed by atoms with Crippen LogP contribution in [0.25, 0.3) is 23.0 Å². The number of furan rings is 1. The van der Waals surface area contributed by atoms with Crippen molar-refractivity contribution in [2.45, 2.75) is 0 Å². The normalized spacial score (nSPS) is 11.2. The molecule has 3 aromatic rings. The third-order valence-corrected chi connectivity index (χ3v) is 4.49. The van der Waals surface area contributed by atoms with Gasteiger partial charge in [0.15, 0.2) is 0 Å². The maximum absolute atomic E-state index is 10.8. The molecule has 0 unspecified atom stereocenters. The average Bonchev–Trinajstić information content (AvgIpc) is 3.07. The van der Waals surface area contributed by atoms with Crippen molar-refractivity contribution in [3.8, 4) is 17.4 Å². The smallest absolute Gasteiger partial charge is 0.270 e. The van der Waals surface area contributed by atoms with E-state index in [1.165, 1.54) is 12.1 Å². The fourth-order valence-electron chi connectivity index (χ4n) is 2.37. The number of halogens is 2. The molecule has 7 heteroatoms. The van der Waals surface area contributed by atoms with Crippen LogP contribution in [0.4, 0.5) is 5.69 Å². The second-order valence-electron chi connectivity index (χ2n) is 5.30. The van der Waals surface area contributed by atoms with Crippen LogP contribution >= 0.6 is 27.5 Å². The van der Waals surface area contributed by atoms with Crippen molar-refractivity contribution in [3.05, 3.63) is 85.5 Å². The number of non-ortho nitro benzene ring substituents is 1. The van der Waals surface area contributed by atoms with Gasteiger partial charge in [-0.3, -0.25) is 10.1 Å². The molecule has 128 valence electrons. The van der Waals surface area contributed by atoms with E-state index in [2.05, 4.69) is 22.0 Å². The quantitative estimate of drug-likeness (QED) is 0.275. The van der Waals surface area contributed by atoms with Gasteiger partial charge < -0.3 is 4.42 Å². The lowest BCUT2D eigenvalue weighted by molar-refractivity contribution is -0.384. The zero-order chi connectivity index (χ0) is 18.7. The Labute approximate surface area is 162 Å². The Balaban J connectivity index is 1.95. The third kappa shape index (κ3) is 3.85. The first-order valence-electron chi connectivity index (χ1n) is 7.40. The lowest BCUT2D eigenvalue weighted by Crippen LogP contribution is -1.88. The minimum absolute atomic E-state index is 0.0139. The molecule has 0 N–H and O–H groups in total. The zero-order valence-corrected chi connectivity index (χ0v) is 15.5. The standard InChI is InChI=1S/C19H10BrClN2O3/c20-18-10-15(23(24)25)4-6-17(18)19-7-5-16(26-19)9-13(11-22)12-2-1-3-14(21)8-12/h1-10H/b13-9-. The number of nitro groups is 1. The molecule has 1 aromatic heterocycles. The SMILES string of the molecule is N#C/C(=C/c1ccc(-c2ccc([N+](=O)[O-])cc2Br)o1)c1cccc(Cl)c1. The van der Waals surface area contributed by atoms with Crippen molar-refractivity contribution in [2.24, 2.45) is 0 Å². The molecule has 0 spiro atoms. The Bertz CT molecular complexity index is 1070. The summed E-state index contributed by atoms with van der Waals surface area (Å²) in [5.41, 5.74) is 1.77. The van der Waals surface area contributed by atoms with Crippen molar-refractivity contribution >= 4 is 44.9 Å². The maximum Gasteiger partial charge on any atom is 0.270 e. The molecule has 0 fully saturated rings. The molecular formula is C19H10BrClN2O3. The molecule has 0 aliphatic carbocycles. The first-order valence-corrected chi connectivity index (χ1v) is 8.57. The largest absolute Gasteiger partial charge is 0.457 e. The number of benzene rings is 2. The monoisotopic (exact) mass is 428 g/mol. The van der Waals surface area contributed by atoms with E-state index >= 15 is 0 Å². The molecular weight excluding hydrogens is 420 g/mol. The van der Waals surface area contributed by atoms with Crippen LogP contribution in [0.1, 0.15) is 11.3 Å². The van der Waals surface area contributed by atoms with Crippen LogP contribution in [0.15, 0.2) is 63.5 Å². The van der Waals surface area contributed by atoms with Gasteiger partial charge in [0.1, 0.15) is 11.5 Å². The van der Waals surface area contributed by atoms with E-state index in [-0.39, 0.29) is 5.69 Å². The van der Waals surface area contributed by atoms with E-state index in [4.69, 9.17) is 16.0 Å². The fraction of sp³-hybridized carbons (Fsp3) is 0. The highest BCUT2D eigenvalue weighted by Gasteiger charge is 2.13. The van der Waals surface area contributed by atoms with Gasteiger partial charge in [-0.25, -0.2) is 0 Å². The maximum atomic E-state index is 10.8. The molecule has 5 nitrogen and oxygen atoms in total. The van der Waals surface area contributed by atoms with Crippen molar-refractivity contribution in [1.82, 2.24) is 0 Å². The summed E-state index contributed by atoms with van der Waals surface area (Å²) >= 11 is 9.30. The van der Waals surface area contributed by atoms with Gasteiger partial charge in [0.2, 0.25) is 0 Å². The van der Waals surface area contributed by atoms with Gasteiger partial charge in [0.05, 0.1) is 16.6 Å². The van der Waals surface area contributed by atoms with Crippen LogP contribution in [0.2, 0.25) is 5.02 Å². The molecule has 2 aromatic carbocycles. The summed E-state index contributed by atoms with van der Waals surface area (Å²) < 4.78 is 6.32. The number of nitrogens with zero attached hydrogens (tertiary/aromatic N) is 2. The van der Waals surface area contributed by atoms with Crippen LogP contribution in [0, 0.1) is 21.4 Å². The molecule has 1 heterocycles.